The highest BCUT2D eigenvalue weighted by Crippen LogP contribution is 2.35. The van der Waals surface area contributed by atoms with E-state index in [0.29, 0.717) is 43.3 Å². The van der Waals surface area contributed by atoms with Crippen LogP contribution in [0.4, 0.5) is 17.3 Å². The van der Waals surface area contributed by atoms with Crippen molar-refractivity contribution in [2.75, 3.05) is 30.0 Å². The Labute approximate surface area is 215 Å². The zero-order valence-electron chi connectivity index (χ0n) is 20.5. The smallest absolute Gasteiger partial charge is 0.165 e. The minimum Gasteiger partial charge on any atom is -0.457 e. The molecule has 192 valence electrons. The van der Waals surface area contributed by atoms with Gasteiger partial charge in [-0.2, -0.15) is 5.10 Å². The van der Waals surface area contributed by atoms with E-state index in [1.54, 1.807) is 6.07 Å². The molecule has 10 nitrogen and oxygen atoms in total. The zero-order chi connectivity index (χ0) is 25.8. The average Bonchev–Trinajstić information content (AvgIpc) is 3.35. The van der Waals surface area contributed by atoms with E-state index in [1.807, 2.05) is 65.6 Å². The van der Waals surface area contributed by atoms with E-state index in [-0.39, 0.29) is 18.6 Å². The molecule has 6 bridgehead atoms. The maximum absolute atomic E-state index is 10.1. The number of hydrogen-bond donors (Lipinski definition) is 6. The summed E-state index contributed by atoms with van der Waals surface area (Å²) in [5.41, 5.74) is 19.5. The monoisotopic (exact) mass is 500 g/mol. The van der Waals surface area contributed by atoms with Gasteiger partial charge in [0.15, 0.2) is 5.82 Å². The van der Waals surface area contributed by atoms with E-state index in [2.05, 4.69) is 20.8 Å². The van der Waals surface area contributed by atoms with Crippen LogP contribution in [0.15, 0.2) is 67.0 Å². The van der Waals surface area contributed by atoms with E-state index in [4.69, 9.17) is 22.0 Å². The lowest BCUT2D eigenvalue weighted by molar-refractivity contribution is 0.241. The molecule has 1 aliphatic rings. The summed E-state index contributed by atoms with van der Waals surface area (Å²) in [5, 5.41) is 18.2. The number of benzene rings is 2. The Balaban J connectivity index is 1.54. The molecule has 3 heterocycles. The molecule has 0 spiro atoms. The maximum Gasteiger partial charge on any atom is 0.165 e. The quantitative estimate of drug-likeness (QED) is 0.183. The van der Waals surface area contributed by atoms with E-state index in [0.717, 1.165) is 33.8 Å². The lowest BCUT2D eigenvalue weighted by atomic mass is 9.89. The number of nitrogens with zero attached hydrogens (tertiary/aromatic N) is 3. The first-order valence-corrected chi connectivity index (χ1v) is 12.3. The Morgan fingerprint density at radius 1 is 1.08 bits per heavy atom. The Kier molecular flexibility index (Phi) is 7.22. The summed E-state index contributed by atoms with van der Waals surface area (Å²) in [6, 6.07) is 17.6. The summed E-state index contributed by atoms with van der Waals surface area (Å²) in [6.07, 6.45) is 5.23. The molecule has 0 saturated carbocycles. The highest BCUT2D eigenvalue weighted by molar-refractivity contribution is 5.70. The third-order valence-electron chi connectivity index (χ3n) is 6.62. The summed E-state index contributed by atoms with van der Waals surface area (Å²) >= 11 is 0. The molecule has 0 saturated heterocycles. The van der Waals surface area contributed by atoms with Crippen LogP contribution in [0.1, 0.15) is 34.6 Å². The summed E-state index contributed by atoms with van der Waals surface area (Å²) in [6.45, 7) is 1.21. The number of nitrogens with two attached hydrogens (primary N) is 3. The highest BCUT2D eigenvalue weighted by atomic mass is 16.5. The number of aliphatic hydroxyl groups is 1. The molecular formula is C27H32N8O2. The number of fused-ring (bicyclic) bond motifs is 6. The van der Waals surface area contributed by atoms with Crippen LogP contribution < -0.4 is 32.8 Å². The minimum atomic E-state index is -0.126. The zero-order valence-corrected chi connectivity index (χ0v) is 20.5. The Bertz CT molecular complexity index is 1370. The van der Waals surface area contributed by atoms with Gasteiger partial charge in [0.05, 0.1) is 25.0 Å². The number of hydrazine groups is 1. The molecule has 0 aliphatic carbocycles. The Hall–Kier alpha value is -4.12. The SMILES string of the molecule is NNc1nc(N)cc(C2CCNC(CO)Cc3cccc(c3)Oc3cccc(c3)Cn3cc2cn3)c1N. The fourth-order valence-electron chi connectivity index (χ4n) is 4.83. The third-order valence-corrected chi connectivity index (χ3v) is 6.62. The molecular weight excluding hydrogens is 468 g/mol. The number of anilines is 3. The predicted molar refractivity (Wildman–Crippen MR) is 144 cm³/mol. The lowest BCUT2D eigenvalue weighted by Crippen LogP contribution is -2.35. The molecule has 5 rings (SSSR count). The van der Waals surface area contributed by atoms with Crippen LogP contribution in [-0.2, 0) is 13.0 Å². The van der Waals surface area contributed by atoms with Crippen molar-refractivity contribution in [3.05, 3.63) is 89.2 Å². The van der Waals surface area contributed by atoms with Crippen molar-refractivity contribution >= 4 is 17.3 Å². The van der Waals surface area contributed by atoms with Crippen LogP contribution in [0.2, 0.25) is 0 Å². The van der Waals surface area contributed by atoms with Crippen molar-refractivity contribution in [2.24, 2.45) is 5.84 Å². The second kappa shape index (κ2) is 10.9. The van der Waals surface area contributed by atoms with Crippen LogP contribution in [-0.4, -0.2) is 39.1 Å². The summed E-state index contributed by atoms with van der Waals surface area (Å²) in [7, 11) is 0. The van der Waals surface area contributed by atoms with Crippen molar-refractivity contribution in [1.29, 1.82) is 0 Å². The normalized spacial score (nSPS) is 18.0. The van der Waals surface area contributed by atoms with Crippen LogP contribution in [0.5, 0.6) is 11.5 Å². The Morgan fingerprint density at radius 2 is 1.84 bits per heavy atom. The van der Waals surface area contributed by atoms with E-state index in [9.17, 15) is 5.11 Å². The number of ether oxygens (including phenoxy) is 1. The molecule has 0 amide bonds. The van der Waals surface area contributed by atoms with Gasteiger partial charge in [-0.15, -0.1) is 0 Å². The van der Waals surface area contributed by atoms with Crippen molar-refractivity contribution in [3.63, 3.8) is 0 Å². The lowest BCUT2D eigenvalue weighted by Gasteiger charge is -2.22. The fraction of sp³-hybridized carbons (Fsp3) is 0.259. The molecule has 10 heteroatoms. The molecule has 1 aliphatic heterocycles. The number of hydrogen-bond acceptors (Lipinski definition) is 9. The minimum absolute atomic E-state index is 0.00130. The number of pyridine rings is 1. The molecule has 2 aromatic heterocycles. The van der Waals surface area contributed by atoms with Gasteiger partial charge in [0.25, 0.3) is 0 Å². The molecule has 2 unspecified atom stereocenters. The summed E-state index contributed by atoms with van der Waals surface area (Å²) < 4.78 is 8.05. The van der Waals surface area contributed by atoms with Gasteiger partial charge in [-0.05, 0) is 72.0 Å². The molecule has 0 fully saturated rings. The van der Waals surface area contributed by atoms with Crippen molar-refractivity contribution in [1.82, 2.24) is 20.1 Å². The molecule has 9 N–H and O–H groups in total. The van der Waals surface area contributed by atoms with Crippen LogP contribution in [0.3, 0.4) is 0 Å². The summed E-state index contributed by atoms with van der Waals surface area (Å²) in [4.78, 5) is 4.21. The first kappa shape index (κ1) is 24.6. The number of rotatable bonds is 3. The molecule has 0 radical (unpaired) electrons. The average molecular weight is 501 g/mol. The van der Waals surface area contributed by atoms with Crippen LogP contribution >= 0.6 is 0 Å². The topological polar surface area (TPSA) is 162 Å². The Morgan fingerprint density at radius 3 is 2.59 bits per heavy atom. The van der Waals surface area contributed by atoms with Crippen molar-refractivity contribution in [2.45, 2.75) is 31.3 Å². The fourth-order valence-corrected chi connectivity index (χ4v) is 4.83. The van der Waals surface area contributed by atoms with Crippen LogP contribution in [0, 0.1) is 0 Å². The van der Waals surface area contributed by atoms with Gasteiger partial charge in [0.2, 0.25) is 0 Å². The second-order valence-electron chi connectivity index (χ2n) is 9.29. The molecule has 4 aromatic rings. The first-order chi connectivity index (χ1) is 18.0. The number of nitrogen functional groups attached to an aromatic ring is 3. The first-order valence-electron chi connectivity index (χ1n) is 12.3. The van der Waals surface area contributed by atoms with Crippen molar-refractivity contribution < 1.29 is 9.84 Å². The predicted octanol–water partition coefficient (Wildman–Crippen LogP) is 2.60. The van der Waals surface area contributed by atoms with E-state index >= 15 is 0 Å². The van der Waals surface area contributed by atoms with Gasteiger partial charge < -0.3 is 32.1 Å². The van der Waals surface area contributed by atoms with Gasteiger partial charge in [-0.3, -0.25) is 4.68 Å². The standard InChI is InChI=1S/C27H32N8O2/c28-25-12-24(26(29)27(33-25)34-30)23-7-8-31-20(16-36)9-17-3-1-5-21(10-17)37-22-6-2-4-18(11-22)14-35-15-19(23)13-32-35/h1-6,10-13,15,20,23,31,36H,7-9,14,16,29-30H2,(H3,28,33,34). The van der Waals surface area contributed by atoms with Crippen LogP contribution in [0.25, 0.3) is 0 Å². The molecule has 2 aromatic carbocycles. The van der Waals surface area contributed by atoms with Gasteiger partial charge in [0.1, 0.15) is 17.3 Å². The summed E-state index contributed by atoms with van der Waals surface area (Å²) in [5.74, 6) is 7.70. The van der Waals surface area contributed by atoms with E-state index < -0.39 is 0 Å². The van der Waals surface area contributed by atoms with Gasteiger partial charge in [0, 0.05) is 18.2 Å². The van der Waals surface area contributed by atoms with Gasteiger partial charge in [-0.1, -0.05) is 24.3 Å². The molecule has 37 heavy (non-hydrogen) atoms. The highest BCUT2D eigenvalue weighted by Gasteiger charge is 2.22. The largest absolute Gasteiger partial charge is 0.457 e. The number of aromatic nitrogens is 3. The van der Waals surface area contributed by atoms with Crippen molar-refractivity contribution in [3.8, 4) is 11.5 Å². The molecule has 2 atom stereocenters. The third kappa shape index (κ3) is 5.67. The van der Waals surface area contributed by atoms with Gasteiger partial charge >= 0.3 is 0 Å². The van der Waals surface area contributed by atoms with E-state index in [1.165, 1.54) is 0 Å². The second-order valence-corrected chi connectivity index (χ2v) is 9.29. The van der Waals surface area contributed by atoms with Gasteiger partial charge in [-0.25, -0.2) is 10.8 Å². The number of nitrogens with one attached hydrogen (secondary N) is 2. The number of aliphatic hydroxyl groups excluding tert-OH is 1. The maximum atomic E-state index is 10.1.